The summed E-state index contributed by atoms with van der Waals surface area (Å²) in [5.74, 6) is -0.408. The van der Waals surface area contributed by atoms with E-state index in [4.69, 9.17) is 5.26 Å². The van der Waals surface area contributed by atoms with Crippen molar-refractivity contribution in [3.8, 4) is 6.07 Å². The van der Waals surface area contributed by atoms with Gasteiger partial charge < -0.3 is 4.57 Å². The maximum Gasteiger partial charge on any atom is 0.228 e. The van der Waals surface area contributed by atoms with E-state index in [1.54, 1.807) is 10.8 Å². The molecule has 1 aromatic heterocycles. The van der Waals surface area contributed by atoms with Gasteiger partial charge in [0.05, 0.1) is 12.5 Å². The number of hydrogen-bond donors (Lipinski definition) is 0. The third-order valence-corrected chi connectivity index (χ3v) is 2.49. The van der Waals surface area contributed by atoms with Crippen LogP contribution in [0.2, 0.25) is 0 Å². The minimum Gasteiger partial charge on any atom is -0.327 e. The molecule has 18 heavy (non-hydrogen) atoms. The number of halogens is 1. The molecule has 0 unspecified atom stereocenters. The number of nitrogens with zero attached hydrogens (tertiary/aromatic N) is 3. The maximum absolute atomic E-state index is 12.8. The number of rotatable bonds is 4. The summed E-state index contributed by atoms with van der Waals surface area (Å²) in [4.78, 5) is 16.1. The standard InChI is InChI=1S/C13H10FN3O/c14-11-4-2-10(3-5-11)12(18)13-16-7-9-17(13)8-1-6-15/h2-5,7,9H,1,8H2. The summed E-state index contributed by atoms with van der Waals surface area (Å²) in [6, 6.07) is 7.31. The van der Waals surface area contributed by atoms with Crippen LogP contribution in [0.1, 0.15) is 22.6 Å². The molecule has 0 aliphatic rings. The van der Waals surface area contributed by atoms with Crippen LogP contribution < -0.4 is 0 Å². The zero-order valence-electron chi connectivity index (χ0n) is 9.51. The Labute approximate surface area is 103 Å². The van der Waals surface area contributed by atoms with Gasteiger partial charge in [-0.2, -0.15) is 5.26 Å². The highest BCUT2D eigenvalue weighted by Crippen LogP contribution is 2.10. The molecule has 1 heterocycles. The molecule has 0 fully saturated rings. The number of imidazole rings is 1. The second-order valence-electron chi connectivity index (χ2n) is 3.69. The van der Waals surface area contributed by atoms with E-state index in [-0.39, 0.29) is 17.4 Å². The molecule has 0 saturated carbocycles. The zero-order valence-corrected chi connectivity index (χ0v) is 9.51. The summed E-state index contributed by atoms with van der Waals surface area (Å²) in [7, 11) is 0. The highest BCUT2D eigenvalue weighted by Gasteiger charge is 2.14. The number of aromatic nitrogens is 2. The monoisotopic (exact) mass is 243 g/mol. The number of carbonyl (C=O) groups is 1. The molecule has 0 amide bonds. The summed E-state index contributed by atoms with van der Waals surface area (Å²) >= 11 is 0. The number of aryl methyl sites for hydroxylation is 1. The summed E-state index contributed by atoms with van der Waals surface area (Å²) in [6.45, 7) is 0.415. The Bertz CT molecular complexity index is 595. The number of carbonyl (C=O) groups excluding carboxylic acids is 1. The summed E-state index contributed by atoms with van der Waals surface area (Å²) in [6.07, 6.45) is 3.46. The van der Waals surface area contributed by atoms with Crippen molar-refractivity contribution < 1.29 is 9.18 Å². The zero-order chi connectivity index (χ0) is 13.0. The van der Waals surface area contributed by atoms with Crippen molar-refractivity contribution in [1.82, 2.24) is 9.55 Å². The average molecular weight is 243 g/mol. The van der Waals surface area contributed by atoms with Gasteiger partial charge >= 0.3 is 0 Å². The number of nitriles is 1. The third-order valence-electron chi connectivity index (χ3n) is 2.49. The molecule has 0 radical (unpaired) electrons. The number of ketones is 1. The van der Waals surface area contributed by atoms with Gasteiger partial charge in [-0.3, -0.25) is 4.79 Å². The van der Waals surface area contributed by atoms with Gasteiger partial charge in [-0.15, -0.1) is 0 Å². The Morgan fingerprint density at radius 3 is 2.78 bits per heavy atom. The van der Waals surface area contributed by atoms with Gasteiger partial charge in [0.1, 0.15) is 5.82 Å². The fraction of sp³-hybridized carbons (Fsp3) is 0.154. The van der Waals surface area contributed by atoms with Crippen molar-refractivity contribution in [2.24, 2.45) is 0 Å². The molecule has 4 nitrogen and oxygen atoms in total. The Kier molecular flexibility index (Phi) is 3.49. The van der Waals surface area contributed by atoms with E-state index in [1.165, 1.54) is 30.5 Å². The van der Waals surface area contributed by atoms with E-state index >= 15 is 0 Å². The first-order chi connectivity index (χ1) is 8.72. The van der Waals surface area contributed by atoms with Gasteiger partial charge in [-0.05, 0) is 24.3 Å². The molecule has 0 aliphatic heterocycles. The number of hydrogen-bond acceptors (Lipinski definition) is 3. The molecule has 0 spiro atoms. The van der Waals surface area contributed by atoms with Gasteiger partial charge in [0.15, 0.2) is 5.82 Å². The number of benzene rings is 1. The van der Waals surface area contributed by atoms with Crippen LogP contribution in [0.15, 0.2) is 36.7 Å². The molecule has 0 atom stereocenters. The van der Waals surface area contributed by atoms with E-state index in [0.717, 1.165) is 0 Å². The largest absolute Gasteiger partial charge is 0.327 e. The topological polar surface area (TPSA) is 58.7 Å². The first kappa shape index (κ1) is 12.0. The molecule has 0 bridgehead atoms. The Balaban J connectivity index is 2.26. The smallest absolute Gasteiger partial charge is 0.228 e. The molecule has 1 aromatic carbocycles. The lowest BCUT2D eigenvalue weighted by molar-refractivity contribution is 0.102. The first-order valence-electron chi connectivity index (χ1n) is 5.40. The Hall–Kier alpha value is -2.48. The van der Waals surface area contributed by atoms with E-state index in [0.29, 0.717) is 18.5 Å². The lowest BCUT2D eigenvalue weighted by Gasteiger charge is -2.04. The predicted octanol–water partition coefficient (Wildman–Crippen LogP) is 2.17. The first-order valence-corrected chi connectivity index (χ1v) is 5.40. The van der Waals surface area contributed by atoms with E-state index in [2.05, 4.69) is 4.98 Å². The lowest BCUT2D eigenvalue weighted by Crippen LogP contribution is -2.11. The fourth-order valence-electron chi connectivity index (χ4n) is 1.60. The van der Waals surface area contributed by atoms with Crippen LogP contribution in [0, 0.1) is 17.1 Å². The SMILES string of the molecule is N#CCCn1ccnc1C(=O)c1ccc(F)cc1. The van der Waals surface area contributed by atoms with E-state index in [1.807, 2.05) is 6.07 Å². The van der Waals surface area contributed by atoms with Crippen LogP contribution in [-0.4, -0.2) is 15.3 Å². The highest BCUT2D eigenvalue weighted by molar-refractivity contribution is 6.06. The molecule has 0 saturated heterocycles. The minimum atomic E-state index is -0.389. The quantitative estimate of drug-likeness (QED) is 0.773. The molecule has 5 heteroatoms. The van der Waals surface area contributed by atoms with Crippen LogP contribution >= 0.6 is 0 Å². The van der Waals surface area contributed by atoms with Crippen molar-refractivity contribution in [3.63, 3.8) is 0 Å². The summed E-state index contributed by atoms with van der Waals surface area (Å²) in [5.41, 5.74) is 0.376. The second-order valence-corrected chi connectivity index (χ2v) is 3.69. The van der Waals surface area contributed by atoms with E-state index < -0.39 is 0 Å². The molecule has 90 valence electrons. The molecule has 2 aromatic rings. The van der Waals surface area contributed by atoms with Crippen molar-refractivity contribution in [2.45, 2.75) is 13.0 Å². The van der Waals surface area contributed by atoms with Crippen molar-refractivity contribution in [2.75, 3.05) is 0 Å². The Morgan fingerprint density at radius 1 is 1.39 bits per heavy atom. The average Bonchev–Trinajstić information content (AvgIpc) is 2.84. The molecule has 0 N–H and O–H groups in total. The van der Waals surface area contributed by atoms with Gasteiger partial charge in [0.25, 0.3) is 0 Å². The van der Waals surface area contributed by atoms with Crippen molar-refractivity contribution in [1.29, 1.82) is 5.26 Å². The molecule has 2 rings (SSSR count). The highest BCUT2D eigenvalue weighted by atomic mass is 19.1. The Morgan fingerprint density at radius 2 is 2.11 bits per heavy atom. The van der Waals surface area contributed by atoms with Gasteiger partial charge in [-0.25, -0.2) is 9.37 Å². The molecular weight excluding hydrogens is 233 g/mol. The van der Waals surface area contributed by atoms with Crippen LogP contribution in [0.5, 0.6) is 0 Å². The van der Waals surface area contributed by atoms with E-state index in [9.17, 15) is 9.18 Å². The lowest BCUT2D eigenvalue weighted by atomic mass is 10.1. The predicted molar refractivity (Wildman–Crippen MR) is 62.3 cm³/mol. The fourth-order valence-corrected chi connectivity index (χ4v) is 1.60. The van der Waals surface area contributed by atoms with Gasteiger partial charge in [0.2, 0.25) is 5.78 Å². The van der Waals surface area contributed by atoms with Crippen molar-refractivity contribution in [3.05, 3.63) is 53.9 Å². The van der Waals surface area contributed by atoms with Crippen molar-refractivity contribution >= 4 is 5.78 Å². The van der Waals surface area contributed by atoms with Crippen LogP contribution in [-0.2, 0) is 6.54 Å². The second kappa shape index (κ2) is 5.23. The summed E-state index contributed by atoms with van der Waals surface area (Å²) < 4.78 is 14.4. The van der Waals surface area contributed by atoms with Gasteiger partial charge in [0, 0.05) is 24.5 Å². The van der Waals surface area contributed by atoms with Gasteiger partial charge in [-0.1, -0.05) is 0 Å². The van der Waals surface area contributed by atoms with Crippen LogP contribution in [0.3, 0.4) is 0 Å². The molecule has 0 aliphatic carbocycles. The van der Waals surface area contributed by atoms with Crippen LogP contribution in [0.25, 0.3) is 0 Å². The maximum atomic E-state index is 12.8. The third kappa shape index (κ3) is 2.43. The van der Waals surface area contributed by atoms with Crippen LogP contribution in [0.4, 0.5) is 4.39 Å². The molecular formula is C13H10FN3O. The minimum absolute atomic E-state index is 0.261. The summed E-state index contributed by atoms with van der Waals surface area (Å²) in [5, 5.41) is 8.53. The normalized spacial score (nSPS) is 10.0.